The largest absolute Gasteiger partial charge is 0.469 e. The minimum atomic E-state index is -0.927. The predicted molar refractivity (Wildman–Crippen MR) is 74.5 cm³/mol. The van der Waals surface area contributed by atoms with Gasteiger partial charge in [0.05, 0.1) is 19.1 Å². The van der Waals surface area contributed by atoms with E-state index >= 15 is 0 Å². The maximum Gasteiger partial charge on any atom is 0.311 e. The Hall–Kier alpha value is -0.580. The van der Waals surface area contributed by atoms with E-state index < -0.39 is 18.0 Å². The summed E-state index contributed by atoms with van der Waals surface area (Å²) in [5.41, 5.74) is 0.628. The Morgan fingerprint density at radius 3 is 2.50 bits per heavy atom. The highest BCUT2D eigenvalue weighted by molar-refractivity contribution is 9.10. The van der Waals surface area contributed by atoms with Crippen LogP contribution in [0.5, 0.6) is 0 Å². The summed E-state index contributed by atoms with van der Waals surface area (Å²) in [4.78, 5) is 11.7. The van der Waals surface area contributed by atoms with E-state index in [0.29, 0.717) is 15.1 Å². The maximum absolute atomic E-state index is 11.7. The highest BCUT2D eigenvalue weighted by Gasteiger charge is 2.32. The molecule has 0 fully saturated rings. The number of aliphatic hydroxyl groups is 1. The molecule has 0 aromatic heterocycles. The third-order valence-corrected chi connectivity index (χ3v) is 3.73. The Balaban J connectivity index is 3.09. The van der Waals surface area contributed by atoms with Crippen molar-refractivity contribution >= 4 is 33.5 Å². The molecule has 1 rings (SSSR count). The average Bonchev–Trinajstić information content (AvgIpc) is 2.28. The molecular formula is C13H16BrClO3. The van der Waals surface area contributed by atoms with E-state index in [9.17, 15) is 9.90 Å². The SMILES string of the molecule is COC(=O)C(C(C)C)C(O)c1ccc(Cl)cc1Br. The summed E-state index contributed by atoms with van der Waals surface area (Å²) in [5, 5.41) is 10.9. The number of carbonyl (C=O) groups is 1. The van der Waals surface area contributed by atoms with Crippen molar-refractivity contribution < 1.29 is 14.6 Å². The van der Waals surface area contributed by atoms with E-state index in [-0.39, 0.29) is 5.92 Å². The number of halogens is 2. The summed E-state index contributed by atoms with van der Waals surface area (Å²) in [7, 11) is 1.32. The monoisotopic (exact) mass is 334 g/mol. The molecule has 100 valence electrons. The molecule has 1 aromatic rings. The maximum atomic E-state index is 11.7. The third-order valence-electron chi connectivity index (χ3n) is 2.81. The second-order valence-corrected chi connectivity index (χ2v) is 5.69. The normalized spacial score (nSPS) is 14.4. The van der Waals surface area contributed by atoms with Gasteiger partial charge in [0.15, 0.2) is 0 Å². The minimum absolute atomic E-state index is 0.0324. The first kappa shape index (κ1) is 15.5. The van der Waals surface area contributed by atoms with Crippen molar-refractivity contribution in [1.82, 2.24) is 0 Å². The molecule has 0 amide bonds. The summed E-state index contributed by atoms with van der Waals surface area (Å²) in [6.45, 7) is 3.74. The molecule has 0 saturated heterocycles. The van der Waals surface area contributed by atoms with Crippen LogP contribution in [0.4, 0.5) is 0 Å². The van der Waals surface area contributed by atoms with Crippen LogP contribution in [-0.4, -0.2) is 18.2 Å². The van der Waals surface area contributed by atoms with Gasteiger partial charge in [0.1, 0.15) is 0 Å². The average molecular weight is 336 g/mol. The Bertz CT molecular complexity index is 434. The van der Waals surface area contributed by atoms with Crippen LogP contribution in [0.15, 0.2) is 22.7 Å². The van der Waals surface area contributed by atoms with Crippen LogP contribution < -0.4 is 0 Å². The van der Waals surface area contributed by atoms with Crippen LogP contribution >= 0.6 is 27.5 Å². The number of benzene rings is 1. The van der Waals surface area contributed by atoms with Gasteiger partial charge in [0.25, 0.3) is 0 Å². The van der Waals surface area contributed by atoms with Crippen molar-refractivity contribution in [2.24, 2.45) is 11.8 Å². The van der Waals surface area contributed by atoms with Gasteiger partial charge in [-0.2, -0.15) is 0 Å². The predicted octanol–water partition coefficient (Wildman–Crippen LogP) is 3.58. The number of methoxy groups -OCH3 is 1. The van der Waals surface area contributed by atoms with Gasteiger partial charge in [0, 0.05) is 9.50 Å². The summed E-state index contributed by atoms with van der Waals surface area (Å²) in [6, 6.07) is 5.07. The number of rotatable bonds is 4. The quantitative estimate of drug-likeness (QED) is 0.856. The lowest BCUT2D eigenvalue weighted by Gasteiger charge is -2.25. The molecule has 0 saturated carbocycles. The van der Waals surface area contributed by atoms with E-state index in [0.717, 1.165) is 0 Å². The molecule has 5 heteroatoms. The molecule has 0 aliphatic heterocycles. The molecule has 0 aliphatic rings. The summed E-state index contributed by atoms with van der Waals surface area (Å²) >= 11 is 9.19. The molecule has 1 N–H and O–H groups in total. The lowest BCUT2D eigenvalue weighted by molar-refractivity contribution is -0.152. The van der Waals surface area contributed by atoms with Crippen LogP contribution in [0.25, 0.3) is 0 Å². The molecule has 18 heavy (non-hydrogen) atoms. The fraction of sp³-hybridized carbons (Fsp3) is 0.462. The molecule has 0 bridgehead atoms. The van der Waals surface area contributed by atoms with Gasteiger partial charge >= 0.3 is 5.97 Å². The molecule has 3 nitrogen and oxygen atoms in total. The van der Waals surface area contributed by atoms with Crippen molar-refractivity contribution in [3.05, 3.63) is 33.3 Å². The standard InChI is InChI=1S/C13H16BrClO3/c1-7(2)11(13(17)18-3)12(16)9-5-4-8(15)6-10(9)14/h4-7,11-12,16H,1-3H3. The number of hydrogen-bond acceptors (Lipinski definition) is 3. The van der Waals surface area contributed by atoms with E-state index in [1.165, 1.54) is 7.11 Å². The summed E-state index contributed by atoms with van der Waals surface area (Å²) in [6.07, 6.45) is -0.927. The van der Waals surface area contributed by atoms with Crippen LogP contribution in [0.3, 0.4) is 0 Å². The molecule has 0 radical (unpaired) electrons. The van der Waals surface area contributed by atoms with Crippen LogP contribution in [0.1, 0.15) is 25.5 Å². The van der Waals surface area contributed by atoms with Gasteiger partial charge in [-0.05, 0) is 23.6 Å². The Morgan fingerprint density at radius 1 is 1.44 bits per heavy atom. The van der Waals surface area contributed by atoms with Gasteiger partial charge in [-0.15, -0.1) is 0 Å². The van der Waals surface area contributed by atoms with Crippen LogP contribution in [0.2, 0.25) is 5.02 Å². The van der Waals surface area contributed by atoms with E-state index in [4.69, 9.17) is 16.3 Å². The van der Waals surface area contributed by atoms with E-state index in [1.54, 1.807) is 18.2 Å². The van der Waals surface area contributed by atoms with Crippen molar-refractivity contribution in [1.29, 1.82) is 0 Å². The molecule has 0 heterocycles. The zero-order chi connectivity index (χ0) is 13.9. The first-order chi connectivity index (χ1) is 8.38. The molecule has 1 aromatic carbocycles. The smallest absolute Gasteiger partial charge is 0.311 e. The Morgan fingerprint density at radius 2 is 2.06 bits per heavy atom. The number of aliphatic hydroxyl groups excluding tert-OH is 1. The number of carbonyl (C=O) groups excluding carboxylic acids is 1. The zero-order valence-corrected chi connectivity index (χ0v) is 12.8. The van der Waals surface area contributed by atoms with Crippen molar-refractivity contribution in [3.8, 4) is 0 Å². The van der Waals surface area contributed by atoms with Gasteiger partial charge in [0.2, 0.25) is 0 Å². The zero-order valence-electron chi connectivity index (χ0n) is 10.5. The second kappa shape index (κ2) is 6.55. The van der Waals surface area contributed by atoms with E-state index in [2.05, 4.69) is 15.9 Å². The van der Waals surface area contributed by atoms with E-state index in [1.807, 2.05) is 13.8 Å². The second-order valence-electron chi connectivity index (χ2n) is 4.40. The van der Waals surface area contributed by atoms with Crippen molar-refractivity contribution in [2.45, 2.75) is 20.0 Å². The first-order valence-electron chi connectivity index (χ1n) is 5.59. The first-order valence-corrected chi connectivity index (χ1v) is 6.76. The molecule has 0 spiro atoms. The fourth-order valence-corrected chi connectivity index (χ4v) is 2.75. The molecule has 2 unspecified atom stereocenters. The third kappa shape index (κ3) is 3.46. The van der Waals surface area contributed by atoms with Gasteiger partial charge in [-0.3, -0.25) is 4.79 Å². The Kier molecular flexibility index (Phi) is 5.63. The highest BCUT2D eigenvalue weighted by atomic mass is 79.9. The summed E-state index contributed by atoms with van der Waals surface area (Å²) in [5.74, 6) is -1.05. The molecule has 0 aliphatic carbocycles. The van der Waals surface area contributed by atoms with Crippen LogP contribution in [0, 0.1) is 11.8 Å². The minimum Gasteiger partial charge on any atom is -0.469 e. The topological polar surface area (TPSA) is 46.5 Å². The molecular weight excluding hydrogens is 319 g/mol. The lowest BCUT2D eigenvalue weighted by atomic mass is 9.86. The van der Waals surface area contributed by atoms with Crippen molar-refractivity contribution in [2.75, 3.05) is 7.11 Å². The fourth-order valence-electron chi connectivity index (χ4n) is 1.84. The highest BCUT2D eigenvalue weighted by Crippen LogP contribution is 2.34. The van der Waals surface area contributed by atoms with Crippen LogP contribution in [-0.2, 0) is 9.53 Å². The number of hydrogen-bond donors (Lipinski definition) is 1. The van der Waals surface area contributed by atoms with Gasteiger partial charge < -0.3 is 9.84 Å². The Labute approximate surface area is 120 Å². The van der Waals surface area contributed by atoms with Gasteiger partial charge in [-0.25, -0.2) is 0 Å². The molecule has 2 atom stereocenters. The number of ether oxygens (including phenoxy) is 1. The van der Waals surface area contributed by atoms with Crippen molar-refractivity contribution in [3.63, 3.8) is 0 Å². The van der Waals surface area contributed by atoms with Gasteiger partial charge in [-0.1, -0.05) is 47.4 Å². The summed E-state index contributed by atoms with van der Waals surface area (Å²) < 4.78 is 5.42. The number of esters is 1. The lowest BCUT2D eigenvalue weighted by Crippen LogP contribution is -2.28.